The second-order valence-corrected chi connectivity index (χ2v) is 9.87. The van der Waals surface area contributed by atoms with Crippen molar-refractivity contribution in [2.45, 2.75) is 97.8 Å². The first-order valence-corrected chi connectivity index (χ1v) is 9.03. The van der Waals surface area contributed by atoms with Gasteiger partial charge in [-0.25, -0.2) is 0 Å². The molecule has 3 saturated carbocycles. The van der Waals surface area contributed by atoms with Crippen molar-refractivity contribution in [1.29, 1.82) is 0 Å². The molecule has 1 saturated heterocycles. The van der Waals surface area contributed by atoms with Crippen LogP contribution in [0, 0.1) is 23.2 Å². The van der Waals surface area contributed by atoms with E-state index in [1.54, 1.807) is 0 Å². The number of fused-ring (bicyclic) bond motifs is 2. The molecule has 0 N–H and O–H groups in total. The Morgan fingerprint density at radius 2 is 1.48 bits per heavy atom. The van der Waals surface area contributed by atoms with Crippen LogP contribution in [0.1, 0.15) is 80.6 Å². The normalized spacial score (nSPS) is 44.1. The number of hydrogen-bond acceptors (Lipinski definition) is 2. The Bertz CT molecular complexity index is 396. The van der Waals surface area contributed by atoms with Crippen LogP contribution in [0.3, 0.4) is 0 Å². The fraction of sp³-hybridized carbons (Fsp3) is 1.00. The first kappa shape index (κ1) is 15.8. The number of rotatable bonds is 2. The first-order valence-electron chi connectivity index (χ1n) is 9.03. The Morgan fingerprint density at radius 3 is 1.95 bits per heavy atom. The highest BCUT2D eigenvalue weighted by Crippen LogP contribution is 2.62. The minimum Gasteiger partial charge on any atom is -0.294 e. The summed E-state index contributed by atoms with van der Waals surface area (Å²) in [5, 5.41) is 2.38. The number of hydrogen-bond donors (Lipinski definition) is 0. The molecule has 4 fully saturated rings. The van der Waals surface area contributed by atoms with Gasteiger partial charge in [-0.3, -0.25) is 4.84 Å². The highest BCUT2D eigenvalue weighted by Gasteiger charge is 2.58. The monoisotopic (exact) mass is 293 g/mol. The van der Waals surface area contributed by atoms with E-state index in [9.17, 15) is 0 Å². The van der Waals surface area contributed by atoms with Crippen LogP contribution in [-0.2, 0) is 4.84 Å². The second kappa shape index (κ2) is 4.71. The Morgan fingerprint density at radius 1 is 0.905 bits per heavy atom. The number of nitrogens with zero attached hydrogens (tertiary/aromatic N) is 1. The van der Waals surface area contributed by atoms with Gasteiger partial charge in [0.2, 0.25) is 0 Å². The molecule has 0 aromatic heterocycles. The Labute approximate surface area is 131 Å². The summed E-state index contributed by atoms with van der Waals surface area (Å²) in [6.45, 7) is 16.8. The maximum atomic E-state index is 6.70. The molecule has 3 aliphatic carbocycles. The molecule has 0 aromatic carbocycles. The Kier molecular flexibility index (Phi) is 3.54. The van der Waals surface area contributed by atoms with Gasteiger partial charge in [0.25, 0.3) is 0 Å². The van der Waals surface area contributed by atoms with E-state index >= 15 is 0 Å². The van der Waals surface area contributed by atoms with E-state index in [1.165, 1.54) is 32.1 Å². The molecular weight excluding hydrogens is 258 g/mol. The van der Waals surface area contributed by atoms with E-state index in [1.807, 2.05) is 0 Å². The summed E-state index contributed by atoms with van der Waals surface area (Å²) < 4.78 is 0. The summed E-state index contributed by atoms with van der Waals surface area (Å²) in [6.07, 6.45) is 6.93. The molecule has 0 radical (unpaired) electrons. The predicted octanol–water partition coefficient (Wildman–Crippen LogP) is 5.03. The molecule has 2 nitrogen and oxygen atoms in total. The van der Waals surface area contributed by atoms with Gasteiger partial charge in [0.05, 0.1) is 6.10 Å². The molecule has 1 aliphatic heterocycles. The Hall–Kier alpha value is -0.0800. The van der Waals surface area contributed by atoms with Gasteiger partial charge in [0, 0.05) is 11.1 Å². The summed E-state index contributed by atoms with van der Waals surface area (Å²) in [7, 11) is 0. The van der Waals surface area contributed by atoms with Crippen molar-refractivity contribution in [2.75, 3.05) is 0 Å². The predicted molar refractivity (Wildman–Crippen MR) is 87.9 cm³/mol. The molecule has 4 atom stereocenters. The van der Waals surface area contributed by atoms with Crippen LogP contribution in [0.4, 0.5) is 0 Å². The minimum absolute atomic E-state index is 0.165. The van der Waals surface area contributed by atoms with E-state index < -0.39 is 0 Å². The summed E-state index contributed by atoms with van der Waals surface area (Å²) in [5.74, 6) is 2.43. The highest BCUT2D eigenvalue weighted by atomic mass is 16.7. The molecule has 21 heavy (non-hydrogen) atoms. The van der Waals surface area contributed by atoms with Gasteiger partial charge >= 0.3 is 0 Å². The molecule has 2 heteroatoms. The molecule has 4 aliphatic rings. The van der Waals surface area contributed by atoms with Gasteiger partial charge in [-0.2, -0.15) is 5.06 Å². The third kappa shape index (κ3) is 2.37. The Balaban J connectivity index is 1.74. The van der Waals surface area contributed by atoms with Crippen molar-refractivity contribution in [2.24, 2.45) is 23.2 Å². The van der Waals surface area contributed by atoms with E-state index in [0.717, 1.165) is 11.8 Å². The fourth-order valence-electron chi connectivity index (χ4n) is 5.64. The maximum Gasteiger partial charge on any atom is 0.0824 e. The fourth-order valence-corrected chi connectivity index (χ4v) is 5.64. The summed E-state index contributed by atoms with van der Waals surface area (Å²) in [6, 6.07) is 0. The largest absolute Gasteiger partial charge is 0.294 e. The molecule has 2 bridgehead atoms. The molecule has 0 unspecified atom stereocenters. The molecule has 122 valence electrons. The van der Waals surface area contributed by atoms with Gasteiger partial charge in [-0.05, 0) is 83.0 Å². The van der Waals surface area contributed by atoms with Crippen LogP contribution in [0.5, 0.6) is 0 Å². The van der Waals surface area contributed by atoms with Crippen molar-refractivity contribution in [3.05, 3.63) is 0 Å². The standard InChI is InChI=1S/C19H35NO/c1-13-15-11-14(19(15,6)7)12-16(13)21-20-17(2,3)9-8-10-18(20,4)5/h13-16H,8-12H2,1-7H3/t13-,14+,15-,16-/m0/s1. The molecule has 1 heterocycles. The smallest absolute Gasteiger partial charge is 0.0824 e. The zero-order valence-corrected chi connectivity index (χ0v) is 15.2. The minimum atomic E-state index is 0.165. The molecule has 0 aromatic rings. The van der Waals surface area contributed by atoms with Crippen LogP contribution in [0.25, 0.3) is 0 Å². The van der Waals surface area contributed by atoms with E-state index in [0.29, 0.717) is 17.4 Å². The van der Waals surface area contributed by atoms with Crippen molar-refractivity contribution < 1.29 is 4.84 Å². The lowest BCUT2D eigenvalue weighted by atomic mass is 9.45. The van der Waals surface area contributed by atoms with Gasteiger partial charge < -0.3 is 0 Å². The molecule has 4 rings (SSSR count). The van der Waals surface area contributed by atoms with Gasteiger partial charge in [-0.15, -0.1) is 0 Å². The zero-order valence-electron chi connectivity index (χ0n) is 15.2. The van der Waals surface area contributed by atoms with Gasteiger partial charge in [-0.1, -0.05) is 20.8 Å². The summed E-state index contributed by atoms with van der Waals surface area (Å²) in [4.78, 5) is 6.70. The topological polar surface area (TPSA) is 12.5 Å². The van der Waals surface area contributed by atoms with Crippen molar-refractivity contribution >= 4 is 0 Å². The first-order chi connectivity index (χ1) is 9.56. The second-order valence-electron chi connectivity index (χ2n) is 9.87. The van der Waals surface area contributed by atoms with E-state index in [-0.39, 0.29) is 11.1 Å². The van der Waals surface area contributed by atoms with Crippen LogP contribution in [-0.4, -0.2) is 22.2 Å². The maximum absolute atomic E-state index is 6.70. The summed E-state index contributed by atoms with van der Waals surface area (Å²) >= 11 is 0. The number of piperidine rings is 1. The van der Waals surface area contributed by atoms with Crippen LogP contribution >= 0.6 is 0 Å². The number of hydroxylamine groups is 2. The van der Waals surface area contributed by atoms with Crippen molar-refractivity contribution in [1.82, 2.24) is 5.06 Å². The quantitative estimate of drug-likeness (QED) is 0.708. The molecule has 0 spiro atoms. The van der Waals surface area contributed by atoms with Gasteiger partial charge in [0.15, 0.2) is 0 Å². The lowest BCUT2D eigenvalue weighted by molar-refractivity contribution is -0.335. The SMILES string of the molecule is C[C@@H]1[C@@H](ON2C(C)(C)CCCC2(C)C)C[C@H]2C[C@@H]1C2(C)C. The molecule has 0 amide bonds. The lowest BCUT2D eigenvalue weighted by Gasteiger charge is -2.63. The average molecular weight is 293 g/mol. The van der Waals surface area contributed by atoms with Crippen molar-refractivity contribution in [3.8, 4) is 0 Å². The van der Waals surface area contributed by atoms with Crippen LogP contribution in [0.15, 0.2) is 0 Å². The average Bonchev–Trinajstić information content (AvgIpc) is 2.34. The van der Waals surface area contributed by atoms with Crippen molar-refractivity contribution in [3.63, 3.8) is 0 Å². The third-order valence-corrected chi connectivity index (χ3v) is 7.20. The summed E-state index contributed by atoms with van der Waals surface area (Å²) in [5.41, 5.74) is 0.878. The third-order valence-electron chi connectivity index (χ3n) is 7.20. The van der Waals surface area contributed by atoms with E-state index in [4.69, 9.17) is 4.84 Å². The zero-order chi connectivity index (χ0) is 15.6. The van der Waals surface area contributed by atoms with Gasteiger partial charge in [0.1, 0.15) is 0 Å². The molecular formula is C19H35NO. The van der Waals surface area contributed by atoms with E-state index in [2.05, 4.69) is 53.5 Å². The lowest BCUT2D eigenvalue weighted by Crippen LogP contribution is -2.63. The van der Waals surface area contributed by atoms with Crippen LogP contribution in [0.2, 0.25) is 0 Å². The highest BCUT2D eigenvalue weighted by molar-refractivity contribution is 5.06. The van der Waals surface area contributed by atoms with Crippen LogP contribution < -0.4 is 0 Å².